The molecule has 0 heterocycles. The van der Waals surface area contributed by atoms with Crippen LogP contribution >= 0.6 is 0 Å². The normalized spacial score (nSPS) is 15.1. The monoisotopic (exact) mass is 260 g/mol. The SMILES string of the molecule is O=CC(C(F)(F)F)(C(F)(F)F)S(=O)(=O)O. The molecular weight excluding hydrogens is 258 g/mol. The van der Waals surface area contributed by atoms with Crippen LogP contribution in [-0.4, -0.2) is 36.4 Å². The number of carbonyl (C=O) groups excluding carboxylic acids is 1. The van der Waals surface area contributed by atoms with Crippen molar-refractivity contribution < 1.29 is 44.1 Å². The maximum absolute atomic E-state index is 11.9. The lowest BCUT2D eigenvalue weighted by Crippen LogP contribution is -2.63. The van der Waals surface area contributed by atoms with Gasteiger partial charge in [0.05, 0.1) is 0 Å². The van der Waals surface area contributed by atoms with Crippen LogP contribution in [0.15, 0.2) is 0 Å². The number of alkyl halides is 6. The Morgan fingerprint density at radius 3 is 1.20 bits per heavy atom. The number of aldehydes is 1. The van der Waals surface area contributed by atoms with Crippen molar-refractivity contribution in [1.82, 2.24) is 0 Å². The van der Waals surface area contributed by atoms with Gasteiger partial charge >= 0.3 is 17.1 Å². The Hall–Kier alpha value is -0.840. The molecule has 0 aromatic heterocycles. The maximum atomic E-state index is 11.9. The summed E-state index contributed by atoms with van der Waals surface area (Å²) in [6.45, 7) is 0. The summed E-state index contributed by atoms with van der Waals surface area (Å²) in [6.07, 6.45) is -14.9. The zero-order valence-electron chi connectivity index (χ0n) is 6.43. The van der Waals surface area contributed by atoms with E-state index in [-0.39, 0.29) is 0 Å². The number of hydrogen-bond acceptors (Lipinski definition) is 3. The third kappa shape index (κ3) is 1.93. The predicted molar refractivity (Wildman–Crippen MR) is 32.5 cm³/mol. The molecule has 90 valence electrons. The van der Waals surface area contributed by atoms with Crippen molar-refractivity contribution in [3.8, 4) is 0 Å². The summed E-state index contributed by atoms with van der Waals surface area (Å²) < 4.78 is 93.5. The zero-order valence-corrected chi connectivity index (χ0v) is 7.24. The van der Waals surface area contributed by atoms with Gasteiger partial charge in [-0.2, -0.15) is 34.8 Å². The first kappa shape index (κ1) is 14.2. The van der Waals surface area contributed by atoms with Gasteiger partial charge < -0.3 is 4.79 Å². The molecule has 0 aromatic rings. The molecule has 0 radical (unpaired) electrons. The molecule has 0 bridgehead atoms. The van der Waals surface area contributed by atoms with Crippen LogP contribution in [0.1, 0.15) is 0 Å². The Bertz CT molecular complexity index is 336. The number of hydrogen-bond donors (Lipinski definition) is 1. The maximum Gasteiger partial charge on any atom is 0.426 e. The van der Waals surface area contributed by atoms with Crippen LogP contribution in [0, 0.1) is 0 Å². The Morgan fingerprint density at radius 2 is 1.20 bits per heavy atom. The quantitative estimate of drug-likeness (QED) is 0.455. The van der Waals surface area contributed by atoms with Gasteiger partial charge in [-0.1, -0.05) is 0 Å². The second kappa shape index (κ2) is 3.33. The summed E-state index contributed by atoms with van der Waals surface area (Å²) in [7, 11) is -6.71. The molecule has 4 nitrogen and oxygen atoms in total. The van der Waals surface area contributed by atoms with Crippen molar-refractivity contribution in [3.63, 3.8) is 0 Å². The van der Waals surface area contributed by atoms with E-state index in [2.05, 4.69) is 0 Å². The number of halogens is 6. The summed E-state index contributed by atoms with van der Waals surface area (Å²) in [5.41, 5.74) is 0. The smallest absolute Gasteiger partial charge is 0.301 e. The lowest BCUT2D eigenvalue weighted by atomic mass is 10.1. The molecule has 0 amide bonds. The molecule has 0 rings (SSSR count). The molecular formula is C4H2F6O4S. The highest BCUT2D eigenvalue weighted by Gasteiger charge is 2.79. The highest BCUT2D eigenvalue weighted by molar-refractivity contribution is 7.88. The topological polar surface area (TPSA) is 71.4 Å². The van der Waals surface area contributed by atoms with Crippen molar-refractivity contribution in [2.75, 3.05) is 0 Å². The Kier molecular flexibility index (Phi) is 3.15. The number of rotatable bonds is 2. The van der Waals surface area contributed by atoms with E-state index < -0.39 is 33.5 Å². The molecule has 11 heteroatoms. The van der Waals surface area contributed by atoms with Crippen LogP contribution < -0.4 is 0 Å². The van der Waals surface area contributed by atoms with Crippen molar-refractivity contribution in [3.05, 3.63) is 0 Å². The lowest BCUT2D eigenvalue weighted by Gasteiger charge is -2.28. The van der Waals surface area contributed by atoms with Crippen LogP contribution in [0.4, 0.5) is 26.3 Å². The molecule has 1 N–H and O–H groups in total. The minimum Gasteiger partial charge on any atom is -0.301 e. The van der Waals surface area contributed by atoms with E-state index in [1.807, 2.05) is 0 Å². The summed E-state index contributed by atoms with van der Waals surface area (Å²) in [4.78, 5) is 9.79. The van der Waals surface area contributed by atoms with Gasteiger partial charge in [-0.05, 0) is 0 Å². The molecule has 0 spiro atoms. The first-order chi connectivity index (χ1) is 6.31. The van der Waals surface area contributed by atoms with E-state index >= 15 is 0 Å². The summed E-state index contributed by atoms with van der Waals surface area (Å²) in [5, 5.41) is 0. The summed E-state index contributed by atoms with van der Waals surface area (Å²) in [5.74, 6) is 0. The van der Waals surface area contributed by atoms with E-state index in [1.54, 1.807) is 0 Å². The van der Waals surface area contributed by atoms with E-state index in [0.29, 0.717) is 0 Å². The fourth-order valence-corrected chi connectivity index (χ4v) is 1.35. The standard InChI is InChI=1S/C4H2F6O4S/c5-3(6,7)2(1-11,4(8,9)10)15(12,13)14/h1H,(H,12,13,14). The molecule has 0 aliphatic carbocycles. The average molecular weight is 260 g/mol. The van der Waals surface area contributed by atoms with Gasteiger partial charge in [-0.3, -0.25) is 4.55 Å². The molecule has 0 saturated heterocycles. The minimum atomic E-state index is -6.71. The van der Waals surface area contributed by atoms with Gasteiger partial charge in [0, 0.05) is 0 Å². The van der Waals surface area contributed by atoms with E-state index in [9.17, 15) is 39.6 Å². The van der Waals surface area contributed by atoms with Crippen molar-refractivity contribution in [2.45, 2.75) is 17.1 Å². The van der Waals surface area contributed by atoms with Gasteiger partial charge in [0.15, 0.2) is 6.29 Å². The van der Waals surface area contributed by atoms with Gasteiger partial charge in [-0.25, -0.2) is 0 Å². The zero-order chi connectivity index (χ0) is 12.7. The van der Waals surface area contributed by atoms with Crippen molar-refractivity contribution in [1.29, 1.82) is 0 Å². The van der Waals surface area contributed by atoms with Gasteiger partial charge in [0.25, 0.3) is 10.1 Å². The minimum absolute atomic E-state index is 1.90. The molecule has 0 aliphatic heterocycles. The molecule has 0 aromatic carbocycles. The fourth-order valence-electron chi connectivity index (χ4n) is 0.648. The summed E-state index contributed by atoms with van der Waals surface area (Å²) in [6, 6.07) is 0. The third-order valence-corrected chi connectivity index (χ3v) is 2.79. The van der Waals surface area contributed by atoms with Crippen molar-refractivity contribution in [2.24, 2.45) is 0 Å². The van der Waals surface area contributed by atoms with Crippen molar-refractivity contribution >= 4 is 16.4 Å². The third-order valence-electron chi connectivity index (χ3n) is 1.42. The van der Waals surface area contributed by atoms with E-state index in [4.69, 9.17) is 4.55 Å². The van der Waals surface area contributed by atoms with Crippen LogP contribution in [0.5, 0.6) is 0 Å². The first-order valence-corrected chi connectivity index (χ1v) is 4.32. The van der Waals surface area contributed by atoms with Crippen LogP contribution in [0.2, 0.25) is 0 Å². The number of carbonyl (C=O) groups is 1. The molecule has 0 fully saturated rings. The molecule has 0 aliphatic rings. The Morgan fingerprint density at radius 1 is 0.933 bits per heavy atom. The van der Waals surface area contributed by atoms with Crippen LogP contribution in [-0.2, 0) is 14.9 Å². The van der Waals surface area contributed by atoms with Gasteiger partial charge in [0.1, 0.15) is 0 Å². The summed E-state index contributed by atoms with van der Waals surface area (Å²) >= 11 is 0. The highest BCUT2D eigenvalue weighted by Crippen LogP contribution is 2.46. The van der Waals surface area contributed by atoms with Gasteiger partial charge in [-0.15, -0.1) is 0 Å². The highest BCUT2D eigenvalue weighted by atomic mass is 32.2. The predicted octanol–water partition coefficient (Wildman–Crippen LogP) is 0.937. The first-order valence-electron chi connectivity index (χ1n) is 2.88. The largest absolute Gasteiger partial charge is 0.426 e. The van der Waals surface area contributed by atoms with E-state index in [1.165, 1.54) is 0 Å². The molecule has 0 saturated carbocycles. The van der Waals surface area contributed by atoms with E-state index in [0.717, 1.165) is 0 Å². The molecule has 0 unspecified atom stereocenters. The Labute approximate surface area is 78.6 Å². The molecule has 0 atom stereocenters. The van der Waals surface area contributed by atoms with Crippen LogP contribution in [0.25, 0.3) is 0 Å². The lowest BCUT2D eigenvalue weighted by molar-refractivity contribution is -0.256. The second-order valence-electron chi connectivity index (χ2n) is 2.32. The van der Waals surface area contributed by atoms with Gasteiger partial charge in [0.2, 0.25) is 0 Å². The Balaban J connectivity index is 6.15. The molecule has 15 heavy (non-hydrogen) atoms. The second-order valence-corrected chi connectivity index (χ2v) is 3.92. The van der Waals surface area contributed by atoms with Crippen LogP contribution in [0.3, 0.4) is 0 Å². The average Bonchev–Trinajstić information content (AvgIpc) is 1.76. The fraction of sp³-hybridized carbons (Fsp3) is 0.750.